The highest BCUT2D eigenvalue weighted by molar-refractivity contribution is 6.31. The lowest BCUT2D eigenvalue weighted by Gasteiger charge is -2.23. The lowest BCUT2D eigenvalue weighted by Crippen LogP contribution is -2.26. The molecule has 0 atom stereocenters. The topological polar surface area (TPSA) is 40.5 Å². The zero-order valence-electron chi connectivity index (χ0n) is 12.9. The van der Waals surface area contributed by atoms with Crippen molar-refractivity contribution in [1.82, 2.24) is 4.90 Å². The number of aliphatic carboxylic acids is 1. The Kier molecular flexibility index (Phi) is 6.13. The van der Waals surface area contributed by atoms with Crippen LogP contribution in [0.1, 0.15) is 23.1 Å². The van der Waals surface area contributed by atoms with Gasteiger partial charge in [0.15, 0.2) is 0 Å². The van der Waals surface area contributed by atoms with E-state index in [1.165, 1.54) is 6.07 Å². The van der Waals surface area contributed by atoms with Crippen LogP contribution in [0.2, 0.25) is 5.02 Å². The number of halogens is 2. The summed E-state index contributed by atoms with van der Waals surface area (Å²) in [5.41, 5.74) is 2.58. The summed E-state index contributed by atoms with van der Waals surface area (Å²) in [7, 11) is 0. The van der Waals surface area contributed by atoms with E-state index in [1.54, 1.807) is 12.1 Å². The highest BCUT2D eigenvalue weighted by atomic mass is 35.5. The molecule has 0 heterocycles. The van der Waals surface area contributed by atoms with Crippen molar-refractivity contribution in [2.24, 2.45) is 0 Å². The smallest absolute Gasteiger partial charge is 0.304 e. The molecule has 0 aromatic heterocycles. The van der Waals surface area contributed by atoms with E-state index in [4.69, 9.17) is 16.7 Å². The number of carboxylic acids is 1. The molecular formula is C18H19ClFNO2. The Bertz CT molecular complexity index is 670. The van der Waals surface area contributed by atoms with Gasteiger partial charge < -0.3 is 5.11 Å². The summed E-state index contributed by atoms with van der Waals surface area (Å²) in [4.78, 5) is 12.8. The van der Waals surface area contributed by atoms with Gasteiger partial charge in [0.25, 0.3) is 0 Å². The molecule has 0 aliphatic heterocycles. The molecule has 23 heavy (non-hydrogen) atoms. The molecular weight excluding hydrogens is 317 g/mol. The summed E-state index contributed by atoms with van der Waals surface area (Å²) >= 11 is 6.08. The van der Waals surface area contributed by atoms with Crippen LogP contribution in [0.15, 0.2) is 42.5 Å². The van der Waals surface area contributed by atoms with Gasteiger partial charge in [-0.15, -0.1) is 0 Å². The number of nitrogens with zero attached hydrogens (tertiary/aromatic N) is 1. The van der Waals surface area contributed by atoms with Crippen molar-refractivity contribution in [2.45, 2.75) is 26.4 Å². The number of hydrogen-bond donors (Lipinski definition) is 1. The molecule has 2 aromatic rings. The third-order valence-corrected chi connectivity index (χ3v) is 3.93. The van der Waals surface area contributed by atoms with Gasteiger partial charge in [-0.25, -0.2) is 4.39 Å². The lowest BCUT2D eigenvalue weighted by molar-refractivity contribution is -0.137. The first-order valence-electron chi connectivity index (χ1n) is 7.38. The summed E-state index contributed by atoms with van der Waals surface area (Å²) in [5, 5.41) is 9.28. The minimum atomic E-state index is -0.876. The molecule has 0 saturated heterocycles. The Morgan fingerprint density at radius 3 is 2.61 bits per heavy atom. The van der Waals surface area contributed by atoms with Crippen LogP contribution < -0.4 is 0 Å². The molecule has 0 aliphatic carbocycles. The standard InChI is InChI=1S/C18H19ClFNO2/c1-13-4-2-5-14(10-13)11-21(9-8-18(22)23)12-15-16(19)6-3-7-17(15)20/h2-7,10H,8-9,11-12H2,1H3,(H,22,23). The van der Waals surface area contributed by atoms with E-state index < -0.39 is 5.97 Å². The molecule has 0 saturated carbocycles. The van der Waals surface area contributed by atoms with Gasteiger partial charge in [0.2, 0.25) is 0 Å². The van der Waals surface area contributed by atoms with Gasteiger partial charge in [0.1, 0.15) is 5.82 Å². The van der Waals surface area contributed by atoms with Crippen molar-refractivity contribution >= 4 is 17.6 Å². The van der Waals surface area contributed by atoms with Crippen LogP contribution in [0.4, 0.5) is 4.39 Å². The maximum absolute atomic E-state index is 14.0. The van der Waals surface area contributed by atoms with E-state index >= 15 is 0 Å². The summed E-state index contributed by atoms with van der Waals surface area (Å²) in [6.45, 7) is 3.14. The quantitative estimate of drug-likeness (QED) is 0.821. The van der Waals surface area contributed by atoms with E-state index in [1.807, 2.05) is 36.1 Å². The van der Waals surface area contributed by atoms with E-state index in [-0.39, 0.29) is 18.8 Å². The first-order valence-corrected chi connectivity index (χ1v) is 7.76. The van der Waals surface area contributed by atoms with E-state index in [2.05, 4.69) is 0 Å². The monoisotopic (exact) mass is 335 g/mol. The molecule has 122 valence electrons. The Morgan fingerprint density at radius 1 is 1.22 bits per heavy atom. The third-order valence-electron chi connectivity index (χ3n) is 3.57. The second-order valence-corrected chi connectivity index (χ2v) is 5.95. The number of carboxylic acid groups (broad SMARTS) is 1. The van der Waals surface area contributed by atoms with Gasteiger partial charge in [0, 0.05) is 30.2 Å². The minimum absolute atomic E-state index is 0.00210. The molecule has 0 aliphatic rings. The SMILES string of the molecule is Cc1cccc(CN(CCC(=O)O)Cc2c(F)cccc2Cl)c1. The second-order valence-electron chi connectivity index (χ2n) is 5.54. The fourth-order valence-corrected chi connectivity index (χ4v) is 2.67. The molecule has 5 heteroatoms. The number of hydrogen-bond acceptors (Lipinski definition) is 2. The Labute approximate surface area is 140 Å². The molecule has 0 bridgehead atoms. The predicted molar refractivity (Wildman–Crippen MR) is 89.0 cm³/mol. The highest BCUT2D eigenvalue weighted by Crippen LogP contribution is 2.22. The van der Waals surface area contributed by atoms with Crippen molar-refractivity contribution < 1.29 is 14.3 Å². The zero-order valence-corrected chi connectivity index (χ0v) is 13.7. The van der Waals surface area contributed by atoms with Crippen molar-refractivity contribution in [2.75, 3.05) is 6.54 Å². The first-order chi connectivity index (χ1) is 11.0. The van der Waals surface area contributed by atoms with Crippen molar-refractivity contribution in [1.29, 1.82) is 0 Å². The second kappa shape index (κ2) is 8.09. The van der Waals surface area contributed by atoms with Crippen LogP contribution in [-0.4, -0.2) is 22.5 Å². The van der Waals surface area contributed by atoms with Crippen molar-refractivity contribution in [3.63, 3.8) is 0 Å². The van der Waals surface area contributed by atoms with Gasteiger partial charge in [-0.2, -0.15) is 0 Å². The number of benzene rings is 2. The summed E-state index contributed by atoms with van der Waals surface area (Å²) in [5.74, 6) is -1.25. The van der Waals surface area contributed by atoms with Gasteiger partial charge >= 0.3 is 5.97 Å². The van der Waals surface area contributed by atoms with Gasteiger partial charge in [-0.3, -0.25) is 9.69 Å². The maximum Gasteiger partial charge on any atom is 0.304 e. The predicted octanol–water partition coefficient (Wildman–Crippen LogP) is 4.26. The maximum atomic E-state index is 14.0. The molecule has 1 N–H and O–H groups in total. The lowest BCUT2D eigenvalue weighted by atomic mass is 10.1. The Balaban J connectivity index is 2.18. The summed E-state index contributed by atoms with van der Waals surface area (Å²) in [6.07, 6.45) is -0.00210. The van der Waals surface area contributed by atoms with Crippen molar-refractivity contribution in [3.05, 3.63) is 70.0 Å². The van der Waals surface area contributed by atoms with Crippen molar-refractivity contribution in [3.8, 4) is 0 Å². The highest BCUT2D eigenvalue weighted by Gasteiger charge is 2.14. The van der Waals surface area contributed by atoms with Gasteiger partial charge in [-0.05, 0) is 24.6 Å². The molecule has 0 radical (unpaired) electrons. The number of carbonyl (C=O) groups is 1. The van der Waals surface area contributed by atoms with E-state index in [0.29, 0.717) is 23.7 Å². The van der Waals surface area contributed by atoms with Crippen LogP contribution in [0.25, 0.3) is 0 Å². The first kappa shape index (κ1) is 17.4. The average molecular weight is 336 g/mol. The normalized spacial score (nSPS) is 11.0. The van der Waals surface area contributed by atoms with Gasteiger partial charge in [0.05, 0.1) is 6.42 Å². The van der Waals surface area contributed by atoms with E-state index in [0.717, 1.165) is 11.1 Å². The van der Waals surface area contributed by atoms with Gasteiger partial charge in [-0.1, -0.05) is 47.5 Å². The molecule has 0 fully saturated rings. The van der Waals surface area contributed by atoms with Crippen LogP contribution in [-0.2, 0) is 17.9 Å². The van der Waals surface area contributed by atoms with Crippen LogP contribution in [0, 0.1) is 12.7 Å². The molecule has 0 amide bonds. The largest absolute Gasteiger partial charge is 0.481 e. The molecule has 2 rings (SSSR count). The van der Waals surface area contributed by atoms with Crippen LogP contribution >= 0.6 is 11.6 Å². The third kappa shape index (κ3) is 5.34. The summed E-state index contributed by atoms with van der Waals surface area (Å²) in [6, 6.07) is 12.5. The Morgan fingerprint density at radius 2 is 1.96 bits per heavy atom. The number of aryl methyl sites for hydroxylation is 1. The molecule has 0 unspecified atom stereocenters. The summed E-state index contributed by atoms with van der Waals surface area (Å²) < 4.78 is 14.0. The zero-order chi connectivity index (χ0) is 16.8. The molecule has 2 aromatic carbocycles. The molecule has 0 spiro atoms. The fraction of sp³-hybridized carbons (Fsp3) is 0.278. The minimum Gasteiger partial charge on any atom is -0.481 e. The Hall–Kier alpha value is -1.91. The number of rotatable bonds is 7. The van der Waals surface area contributed by atoms with Crippen LogP contribution in [0.5, 0.6) is 0 Å². The van der Waals surface area contributed by atoms with E-state index in [9.17, 15) is 9.18 Å². The molecule has 3 nitrogen and oxygen atoms in total. The van der Waals surface area contributed by atoms with Crippen LogP contribution in [0.3, 0.4) is 0 Å². The average Bonchev–Trinajstić information content (AvgIpc) is 2.48. The fourth-order valence-electron chi connectivity index (χ4n) is 2.44.